The summed E-state index contributed by atoms with van der Waals surface area (Å²) in [4.78, 5) is 24.0. The van der Waals surface area contributed by atoms with Gasteiger partial charge in [0.1, 0.15) is 10.9 Å². The molecule has 1 aromatic rings. The van der Waals surface area contributed by atoms with Crippen molar-refractivity contribution in [1.29, 1.82) is 0 Å². The minimum absolute atomic E-state index is 0.0445. The number of nitrogens with zero attached hydrogens (tertiary/aromatic N) is 3. The minimum atomic E-state index is 0.0445. The Bertz CT molecular complexity index is 645. The van der Waals surface area contributed by atoms with E-state index in [0.29, 0.717) is 17.5 Å². The summed E-state index contributed by atoms with van der Waals surface area (Å²) in [5.41, 5.74) is 1.61. The molecule has 2 saturated carbocycles. The smallest absolute Gasteiger partial charge is 0.258 e. The molecule has 0 aliphatic heterocycles. The quantitative estimate of drug-likeness (QED) is 0.603. The highest BCUT2D eigenvalue weighted by Gasteiger charge is 2.61. The lowest BCUT2D eigenvalue weighted by molar-refractivity contribution is -0.192. The molecule has 132 valence electrons. The highest BCUT2D eigenvalue weighted by molar-refractivity contribution is 7.98. The molecular weight excluding hydrogens is 322 g/mol. The van der Waals surface area contributed by atoms with Gasteiger partial charge in [0.15, 0.2) is 0 Å². The van der Waals surface area contributed by atoms with Gasteiger partial charge in [-0.15, -0.1) is 11.8 Å². The third kappa shape index (κ3) is 2.64. The first kappa shape index (κ1) is 17.7. The standard InChI is InChI=1S/C18H27N3O2S/c1-6-23-14-10-13(18(14)8-7-9-18)21(4)17(22)15-11(2)19-12(3)20-16(15)24-5/h13-14H,6-10H2,1-5H3/t13-,14+/m1/s1. The van der Waals surface area contributed by atoms with Crippen LogP contribution in [0.2, 0.25) is 0 Å². The lowest BCUT2D eigenvalue weighted by Gasteiger charge is -2.63. The molecule has 0 bridgehead atoms. The molecule has 0 aromatic carbocycles. The lowest BCUT2D eigenvalue weighted by atomic mass is 9.50. The molecule has 2 fully saturated rings. The molecule has 0 saturated heterocycles. The van der Waals surface area contributed by atoms with Crippen LogP contribution in [0.3, 0.4) is 0 Å². The fourth-order valence-electron chi connectivity index (χ4n) is 4.34. The molecule has 0 N–H and O–H groups in total. The van der Waals surface area contributed by atoms with Crippen LogP contribution in [-0.4, -0.2) is 52.8 Å². The van der Waals surface area contributed by atoms with Gasteiger partial charge in [-0.2, -0.15) is 0 Å². The second-order valence-electron chi connectivity index (χ2n) is 6.94. The predicted molar refractivity (Wildman–Crippen MR) is 95.5 cm³/mol. The zero-order chi connectivity index (χ0) is 17.5. The highest BCUT2D eigenvalue weighted by atomic mass is 32.2. The molecule has 6 heteroatoms. The van der Waals surface area contributed by atoms with E-state index in [-0.39, 0.29) is 17.4 Å². The molecule has 2 atom stereocenters. The first-order chi connectivity index (χ1) is 11.4. The van der Waals surface area contributed by atoms with Crippen molar-refractivity contribution in [2.75, 3.05) is 19.9 Å². The lowest BCUT2D eigenvalue weighted by Crippen LogP contribution is -2.67. The average molecular weight is 350 g/mol. The minimum Gasteiger partial charge on any atom is -0.378 e. The van der Waals surface area contributed by atoms with Gasteiger partial charge in [-0.25, -0.2) is 9.97 Å². The van der Waals surface area contributed by atoms with Crippen molar-refractivity contribution in [3.63, 3.8) is 0 Å². The summed E-state index contributed by atoms with van der Waals surface area (Å²) in [5, 5.41) is 0.778. The van der Waals surface area contributed by atoms with Crippen LogP contribution in [0.15, 0.2) is 5.03 Å². The van der Waals surface area contributed by atoms with Gasteiger partial charge in [0.05, 0.1) is 17.4 Å². The van der Waals surface area contributed by atoms with E-state index in [2.05, 4.69) is 9.97 Å². The van der Waals surface area contributed by atoms with Crippen molar-refractivity contribution in [3.05, 3.63) is 17.1 Å². The van der Waals surface area contributed by atoms with Crippen molar-refractivity contribution in [1.82, 2.24) is 14.9 Å². The fourth-order valence-corrected chi connectivity index (χ4v) is 5.00. The number of aromatic nitrogens is 2. The number of hydrogen-bond donors (Lipinski definition) is 0. The van der Waals surface area contributed by atoms with Gasteiger partial charge in [-0.05, 0) is 46.3 Å². The molecule has 1 amide bonds. The number of ether oxygens (including phenoxy) is 1. The van der Waals surface area contributed by atoms with E-state index in [1.807, 2.05) is 39.0 Å². The van der Waals surface area contributed by atoms with Gasteiger partial charge < -0.3 is 9.64 Å². The number of rotatable bonds is 5. The van der Waals surface area contributed by atoms with Crippen LogP contribution in [0.4, 0.5) is 0 Å². The maximum absolute atomic E-state index is 13.2. The fraction of sp³-hybridized carbons (Fsp3) is 0.722. The van der Waals surface area contributed by atoms with E-state index < -0.39 is 0 Å². The maximum atomic E-state index is 13.2. The number of hydrogen-bond acceptors (Lipinski definition) is 5. The Balaban J connectivity index is 1.84. The Morgan fingerprint density at radius 3 is 2.62 bits per heavy atom. The van der Waals surface area contributed by atoms with Crippen LogP contribution in [0, 0.1) is 19.3 Å². The summed E-state index contributed by atoms with van der Waals surface area (Å²) >= 11 is 1.51. The summed E-state index contributed by atoms with van der Waals surface area (Å²) in [7, 11) is 1.93. The zero-order valence-electron chi connectivity index (χ0n) is 15.3. The number of amides is 1. The summed E-state index contributed by atoms with van der Waals surface area (Å²) in [6.07, 6.45) is 6.78. The second-order valence-corrected chi connectivity index (χ2v) is 7.73. The summed E-state index contributed by atoms with van der Waals surface area (Å²) in [6.45, 7) is 6.57. The Kier molecular flexibility index (Phi) is 4.89. The normalized spacial score (nSPS) is 24.4. The summed E-state index contributed by atoms with van der Waals surface area (Å²) in [5.74, 6) is 0.759. The molecule has 0 radical (unpaired) electrons. The van der Waals surface area contributed by atoms with E-state index in [1.54, 1.807) is 0 Å². The Hall–Kier alpha value is -1.14. The Morgan fingerprint density at radius 1 is 1.38 bits per heavy atom. The largest absolute Gasteiger partial charge is 0.378 e. The van der Waals surface area contributed by atoms with Gasteiger partial charge in [0.2, 0.25) is 0 Å². The van der Waals surface area contributed by atoms with E-state index >= 15 is 0 Å². The van der Waals surface area contributed by atoms with Crippen molar-refractivity contribution in [3.8, 4) is 0 Å². The van der Waals surface area contributed by atoms with Crippen LogP contribution >= 0.6 is 11.8 Å². The number of carbonyl (C=O) groups is 1. The third-order valence-electron chi connectivity index (χ3n) is 5.76. The zero-order valence-corrected chi connectivity index (χ0v) is 16.1. The molecule has 2 aliphatic rings. The van der Waals surface area contributed by atoms with Crippen molar-refractivity contribution in [2.45, 2.75) is 63.6 Å². The number of carbonyl (C=O) groups excluding carboxylic acids is 1. The molecule has 1 heterocycles. The second kappa shape index (κ2) is 6.64. The average Bonchev–Trinajstić information content (AvgIpc) is 2.47. The van der Waals surface area contributed by atoms with E-state index in [1.165, 1.54) is 31.0 Å². The predicted octanol–water partition coefficient (Wildman–Crippen LogP) is 3.24. The molecular formula is C18H27N3O2S. The molecule has 5 nitrogen and oxygen atoms in total. The molecule has 3 rings (SSSR count). The van der Waals surface area contributed by atoms with Crippen molar-refractivity contribution < 1.29 is 9.53 Å². The number of thioether (sulfide) groups is 1. The third-order valence-corrected chi connectivity index (χ3v) is 6.44. The first-order valence-corrected chi connectivity index (χ1v) is 9.95. The number of aryl methyl sites for hydroxylation is 2. The van der Waals surface area contributed by atoms with E-state index in [0.717, 1.165) is 23.7 Å². The first-order valence-electron chi connectivity index (χ1n) is 8.72. The van der Waals surface area contributed by atoms with Crippen LogP contribution in [-0.2, 0) is 4.74 Å². The SMILES string of the molecule is CCO[C@H]1C[C@@H](N(C)C(=O)c2c(C)nc(C)nc2SC)C12CCC2. The highest BCUT2D eigenvalue weighted by Crippen LogP contribution is 2.59. The molecule has 24 heavy (non-hydrogen) atoms. The molecule has 1 aromatic heterocycles. The maximum Gasteiger partial charge on any atom is 0.258 e. The topological polar surface area (TPSA) is 55.3 Å². The van der Waals surface area contributed by atoms with Gasteiger partial charge in [0, 0.05) is 25.1 Å². The van der Waals surface area contributed by atoms with Crippen LogP contribution in [0.25, 0.3) is 0 Å². The van der Waals surface area contributed by atoms with Crippen molar-refractivity contribution in [2.24, 2.45) is 5.41 Å². The van der Waals surface area contributed by atoms with Gasteiger partial charge >= 0.3 is 0 Å². The van der Waals surface area contributed by atoms with Crippen LogP contribution < -0.4 is 0 Å². The van der Waals surface area contributed by atoms with Gasteiger partial charge in [0.25, 0.3) is 5.91 Å². The van der Waals surface area contributed by atoms with Gasteiger partial charge in [-0.1, -0.05) is 6.42 Å². The Labute approximate surface area is 148 Å². The van der Waals surface area contributed by atoms with Crippen LogP contribution in [0.1, 0.15) is 54.5 Å². The molecule has 1 spiro atoms. The monoisotopic (exact) mass is 349 g/mol. The summed E-state index contributed by atoms with van der Waals surface area (Å²) < 4.78 is 5.92. The van der Waals surface area contributed by atoms with E-state index in [4.69, 9.17) is 4.74 Å². The van der Waals surface area contributed by atoms with Gasteiger partial charge in [-0.3, -0.25) is 4.79 Å². The van der Waals surface area contributed by atoms with E-state index in [9.17, 15) is 4.79 Å². The molecule has 2 aliphatic carbocycles. The Morgan fingerprint density at radius 2 is 2.08 bits per heavy atom. The molecule has 0 unspecified atom stereocenters. The van der Waals surface area contributed by atoms with Crippen molar-refractivity contribution >= 4 is 17.7 Å². The van der Waals surface area contributed by atoms with Crippen LogP contribution in [0.5, 0.6) is 0 Å². The summed E-state index contributed by atoms with van der Waals surface area (Å²) in [6, 6.07) is 0.269.